The first-order chi connectivity index (χ1) is 7.36. The van der Waals surface area contributed by atoms with Crippen molar-refractivity contribution in [3.8, 4) is 0 Å². The molecule has 0 aliphatic heterocycles. The van der Waals surface area contributed by atoms with Crippen LogP contribution in [0.15, 0.2) is 11.3 Å². The van der Waals surface area contributed by atoms with Crippen LogP contribution in [0.2, 0.25) is 0 Å². The van der Waals surface area contributed by atoms with E-state index >= 15 is 0 Å². The maximum atomic E-state index is 11.8. The Kier molecular flexibility index (Phi) is 6.68. The van der Waals surface area contributed by atoms with Crippen molar-refractivity contribution in [2.24, 2.45) is 5.92 Å². The molecule has 0 radical (unpaired) electrons. The first-order valence-electron chi connectivity index (χ1n) is 5.45. The van der Waals surface area contributed by atoms with Crippen LogP contribution >= 0.6 is 11.6 Å². The number of hydrogen-bond donors (Lipinski definition) is 0. The van der Waals surface area contributed by atoms with E-state index in [1.54, 1.807) is 12.0 Å². The number of ether oxygens (including phenoxy) is 1. The van der Waals surface area contributed by atoms with Crippen LogP contribution in [0.3, 0.4) is 0 Å². The molecule has 3 nitrogen and oxygen atoms in total. The van der Waals surface area contributed by atoms with Crippen LogP contribution in [0.1, 0.15) is 34.6 Å². The number of nitrogens with zero attached hydrogens (tertiary/aromatic N) is 1. The van der Waals surface area contributed by atoms with Gasteiger partial charge in [-0.1, -0.05) is 19.4 Å². The third kappa shape index (κ3) is 3.80. The van der Waals surface area contributed by atoms with Gasteiger partial charge in [0.15, 0.2) is 0 Å². The molecule has 0 aliphatic carbocycles. The minimum absolute atomic E-state index is 0.0306. The van der Waals surface area contributed by atoms with Crippen molar-refractivity contribution in [1.29, 1.82) is 0 Å². The molecule has 0 spiro atoms. The Labute approximate surface area is 103 Å². The zero-order valence-electron chi connectivity index (χ0n) is 11.0. The summed E-state index contributed by atoms with van der Waals surface area (Å²) in [7, 11) is 1.59. The first kappa shape index (κ1) is 15.5. The summed E-state index contributed by atoms with van der Waals surface area (Å²) in [5.74, 6) is 0.104. The van der Waals surface area contributed by atoms with Crippen molar-refractivity contribution < 1.29 is 9.53 Å². The molecule has 0 heterocycles. The van der Waals surface area contributed by atoms with E-state index in [-0.39, 0.29) is 23.9 Å². The summed E-state index contributed by atoms with van der Waals surface area (Å²) in [5, 5.41) is 0. The van der Waals surface area contributed by atoms with Gasteiger partial charge in [0.05, 0.1) is 0 Å². The Morgan fingerprint density at radius 3 is 2.06 bits per heavy atom. The molecule has 0 aromatic carbocycles. The average molecular weight is 248 g/mol. The molecule has 0 rings (SSSR count). The third-order valence-electron chi connectivity index (χ3n) is 2.41. The van der Waals surface area contributed by atoms with Gasteiger partial charge in [0.25, 0.3) is 0 Å². The van der Waals surface area contributed by atoms with Crippen LogP contribution in [0.4, 0.5) is 0 Å². The highest BCUT2D eigenvalue weighted by Gasteiger charge is 2.25. The number of allylic oxidation sites excluding steroid dienone is 2. The number of carbonyl (C=O) groups excluding carboxylic acids is 1. The van der Waals surface area contributed by atoms with Gasteiger partial charge in [0.1, 0.15) is 12.1 Å². The van der Waals surface area contributed by atoms with E-state index in [1.807, 2.05) is 20.8 Å². The summed E-state index contributed by atoms with van der Waals surface area (Å²) in [6.45, 7) is 9.94. The van der Waals surface area contributed by atoms with Crippen molar-refractivity contribution in [1.82, 2.24) is 4.90 Å². The monoisotopic (exact) mass is 247 g/mol. The first-order valence-corrected chi connectivity index (χ1v) is 5.98. The van der Waals surface area contributed by atoms with E-state index in [4.69, 9.17) is 16.3 Å². The highest BCUT2D eigenvalue weighted by Crippen LogP contribution is 2.23. The normalized spacial score (nSPS) is 12.5. The Bertz CT molecular complexity index is 270. The molecule has 0 saturated heterocycles. The molecule has 0 N–H and O–H groups in total. The average Bonchev–Trinajstić information content (AvgIpc) is 2.22. The molecule has 16 heavy (non-hydrogen) atoms. The van der Waals surface area contributed by atoms with Gasteiger partial charge >= 0.3 is 0 Å². The summed E-state index contributed by atoms with van der Waals surface area (Å²) in [6.07, 6.45) is -0.293. The molecule has 0 fully saturated rings. The largest absolute Gasteiger partial charge is 0.361 e. The summed E-state index contributed by atoms with van der Waals surface area (Å²) in [6, 6.07) is 0. The fourth-order valence-electron chi connectivity index (χ4n) is 1.80. The molecule has 0 saturated carbocycles. The van der Waals surface area contributed by atoms with Crippen LogP contribution in [-0.2, 0) is 9.53 Å². The second kappa shape index (κ2) is 6.92. The zero-order chi connectivity index (χ0) is 12.9. The standard InChI is InChI=1S/C12H22ClNO2/c1-8(2)12(9(3)4)14(10(5)16-6)11(15)7-13/h8,10H,7H2,1-6H3. The Balaban J connectivity index is 5.31. The summed E-state index contributed by atoms with van der Waals surface area (Å²) in [5.41, 5.74) is 2.09. The molecule has 1 unspecified atom stereocenters. The van der Waals surface area contributed by atoms with Crippen molar-refractivity contribution in [3.05, 3.63) is 11.3 Å². The van der Waals surface area contributed by atoms with Crippen LogP contribution in [0.25, 0.3) is 0 Å². The fraction of sp³-hybridized carbons (Fsp3) is 0.750. The number of amides is 1. The molecule has 0 aromatic heterocycles. The number of halogens is 1. The van der Waals surface area contributed by atoms with Crippen molar-refractivity contribution in [2.75, 3.05) is 13.0 Å². The lowest BCUT2D eigenvalue weighted by Gasteiger charge is -2.33. The molecule has 0 aromatic rings. The lowest BCUT2D eigenvalue weighted by Crippen LogP contribution is -2.41. The summed E-state index contributed by atoms with van der Waals surface area (Å²) in [4.78, 5) is 13.5. The van der Waals surface area contributed by atoms with E-state index in [1.165, 1.54) is 0 Å². The number of rotatable bonds is 5. The van der Waals surface area contributed by atoms with Gasteiger partial charge < -0.3 is 4.74 Å². The molecular formula is C12H22ClNO2. The van der Waals surface area contributed by atoms with Crippen LogP contribution < -0.4 is 0 Å². The van der Waals surface area contributed by atoms with E-state index < -0.39 is 0 Å². The van der Waals surface area contributed by atoms with Crippen LogP contribution in [0, 0.1) is 5.92 Å². The second-order valence-electron chi connectivity index (χ2n) is 4.27. The Hall–Kier alpha value is -0.540. The quantitative estimate of drug-likeness (QED) is 0.552. The van der Waals surface area contributed by atoms with E-state index in [0.29, 0.717) is 0 Å². The molecule has 0 bridgehead atoms. The third-order valence-corrected chi connectivity index (χ3v) is 2.64. The SMILES string of the molecule is COC(C)N(C(=O)CCl)C(=C(C)C)C(C)C. The maximum Gasteiger partial charge on any atom is 0.243 e. The Morgan fingerprint density at radius 2 is 1.81 bits per heavy atom. The van der Waals surface area contributed by atoms with Gasteiger partial charge in [0, 0.05) is 12.8 Å². The summed E-state index contributed by atoms with van der Waals surface area (Å²) < 4.78 is 5.23. The van der Waals surface area contributed by atoms with Crippen LogP contribution in [-0.4, -0.2) is 30.0 Å². The lowest BCUT2D eigenvalue weighted by molar-refractivity contribution is -0.136. The van der Waals surface area contributed by atoms with Gasteiger partial charge in [-0.05, 0) is 26.7 Å². The molecule has 94 valence electrons. The van der Waals surface area contributed by atoms with Gasteiger partial charge in [-0.15, -0.1) is 11.6 Å². The molecular weight excluding hydrogens is 226 g/mol. The van der Waals surface area contributed by atoms with Gasteiger partial charge in [-0.25, -0.2) is 0 Å². The minimum Gasteiger partial charge on any atom is -0.361 e. The predicted octanol–water partition coefficient (Wildman–Crippen LogP) is 3.00. The fourth-order valence-corrected chi connectivity index (χ4v) is 1.93. The van der Waals surface area contributed by atoms with Crippen molar-refractivity contribution in [2.45, 2.75) is 40.8 Å². The molecule has 1 amide bonds. The molecule has 4 heteroatoms. The maximum absolute atomic E-state index is 11.8. The second-order valence-corrected chi connectivity index (χ2v) is 4.54. The van der Waals surface area contributed by atoms with Crippen molar-refractivity contribution >= 4 is 17.5 Å². The van der Waals surface area contributed by atoms with Gasteiger partial charge in [0.2, 0.25) is 5.91 Å². The minimum atomic E-state index is -0.293. The van der Waals surface area contributed by atoms with Crippen molar-refractivity contribution in [3.63, 3.8) is 0 Å². The smallest absolute Gasteiger partial charge is 0.243 e. The van der Waals surface area contributed by atoms with Gasteiger partial charge in [-0.2, -0.15) is 0 Å². The zero-order valence-corrected chi connectivity index (χ0v) is 11.8. The van der Waals surface area contributed by atoms with E-state index in [9.17, 15) is 4.79 Å². The van der Waals surface area contributed by atoms with Gasteiger partial charge in [-0.3, -0.25) is 9.69 Å². The predicted molar refractivity (Wildman–Crippen MR) is 67.2 cm³/mol. The highest BCUT2D eigenvalue weighted by atomic mass is 35.5. The molecule has 0 aliphatic rings. The lowest BCUT2D eigenvalue weighted by atomic mass is 10.0. The number of alkyl halides is 1. The number of hydrogen-bond acceptors (Lipinski definition) is 2. The highest BCUT2D eigenvalue weighted by molar-refractivity contribution is 6.27. The topological polar surface area (TPSA) is 29.5 Å². The van der Waals surface area contributed by atoms with Crippen LogP contribution in [0.5, 0.6) is 0 Å². The Morgan fingerprint density at radius 1 is 1.31 bits per heavy atom. The molecule has 1 atom stereocenters. The van der Waals surface area contributed by atoms with E-state index in [0.717, 1.165) is 11.3 Å². The van der Waals surface area contributed by atoms with E-state index in [2.05, 4.69) is 13.8 Å². The summed E-state index contributed by atoms with van der Waals surface area (Å²) >= 11 is 5.63. The number of methoxy groups -OCH3 is 1. The number of carbonyl (C=O) groups is 1.